The zero-order chi connectivity index (χ0) is 20.4. The van der Waals surface area contributed by atoms with Crippen LogP contribution in [0.25, 0.3) is 11.0 Å². The number of pyridine rings is 2. The Hall–Kier alpha value is -3.80. The molecule has 0 atom stereocenters. The first-order valence-corrected chi connectivity index (χ1v) is 9.11. The molecular weight excluding hydrogens is 369 g/mol. The van der Waals surface area contributed by atoms with Crippen molar-refractivity contribution >= 4 is 22.6 Å². The molecule has 2 heterocycles. The van der Waals surface area contributed by atoms with Crippen molar-refractivity contribution in [2.75, 3.05) is 11.9 Å². The lowest BCUT2D eigenvalue weighted by Gasteiger charge is -2.18. The standard InChI is InChI=1S/C23H18FN3O2/c1-26(18-10-3-2-4-11-18)22(28)19-14-16-9-7-13-25-21(16)27(23(19)29)15-17-8-5-6-12-20(17)24/h2-14H,15H2,1H3. The van der Waals surface area contributed by atoms with Crippen molar-refractivity contribution < 1.29 is 9.18 Å². The second-order valence-corrected chi connectivity index (χ2v) is 6.66. The van der Waals surface area contributed by atoms with E-state index in [1.54, 1.807) is 61.8 Å². The van der Waals surface area contributed by atoms with Crippen molar-refractivity contribution in [3.63, 3.8) is 0 Å². The molecule has 0 unspecified atom stereocenters. The van der Waals surface area contributed by atoms with Gasteiger partial charge >= 0.3 is 0 Å². The number of benzene rings is 2. The Labute approximate surface area is 166 Å². The fraction of sp³-hybridized carbons (Fsp3) is 0.0870. The van der Waals surface area contributed by atoms with Gasteiger partial charge in [-0.1, -0.05) is 36.4 Å². The van der Waals surface area contributed by atoms with Crippen LogP contribution in [0, 0.1) is 5.82 Å². The molecule has 0 N–H and O–H groups in total. The Morgan fingerprint density at radius 1 is 1.03 bits per heavy atom. The van der Waals surface area contributed by atoms with Crippen molar-refractivity contribution in [3.8, 4) is 0 Å². The van der Waals surface area contributed by atoms with Crippen LogP contribution in [0.4, 0.5) is 10.1 Å². The van der Waals surface area contributed by atoms with Gasteiger partial charge in [0.05, 0.1) is 6.54 Å². The van der Waals surface area contributed by atoms with Crippen LogP contribution in [0.1, 0.15) is 15.9 Å². The molecular formula is C23H18FN3O2. The smallest absolute Gasteiger partial charge is 0.265 e. The molecule has 2 aromatic heterocycles. The van der Waals surface area contributed by atoms with Crippen molar-refractivity contribution in [3.05, 3.63) is 106 Å². The van der Waals surface area contributed by atoms with E-state index in [-0.39, 0.29) is 12.1 Å². The summed E-state index contributed by atoms with van der Waals surface area (Å²) in [5.74, 6) is -0.851. The summed E-state index contributed by atoms with van der Waals surface area (Å²) in [7, 11) is 1.62. The van der Waals surface area contributed by atoms with Crippen LogP contribution in [-0.4, -0.2) is 22.5 Å². The molecule has 0 spiro atoms. The van der Waals surface area contributed by atoms with Gasteiger partial charge in [0, 0.05) is 29.9 Å². The van der Waals surface area contributed by atoms with Crippen molar-refractivity contribution in [2.24, 2.45) is 0 Å². The number of fused-ring (bicyclic) bond motifs is 1. The maximum absolute atomic E-state index is 14.2. The quantitative estimate of drug-likeness (QED) is 0.534. The molecule has 4 rings (SSSR count). The monoisotopic (exact) mass is 387 g/mol. The normalized spacial score (nSPS) is 10.8. The second-order valence-electron chi connectivity index (χ2n) is 6.66. The van der Waals surface area contributed by atoms with E-state index in [2.05, 4.69) is 4.98 Å². The van der Waals surface area contributed by atoms with E-state index in [0.717, 1.165) is 0 Å². The molecule has 29 heavy (non-hydrogen) atoms. The number of para-hydroxylation sites is 1. The summed E-state index contributed by atoms with van der Waals surface area (Å²) in [6.45, 7) is -0.0187. The van der Waals surface area contributed by atoms with Gasteiger partial charge in [0.2, 0.25) is 0 Å². The second kappa shape index (κ2) is 7.67. The van der Waals surface area contributed by atoms with E-state index in [4.69, 9.17) is 0 Å². The van der Waals surface area contributed by atoms with Crippen LogP contribution in [0.3, 0.4) is 0 Å². The predicted octanol–water partition coefficient (Wildman–Crippen LogP) is 3.86. The van der Waals surface area contributed by atoms with Crippen LogP contribution in [0.2, 0.25) is 0 Å². The summed E-state index contributed by atoms with van der Waals surface area (Å²) in [6, 6.07) is 20.4. The SMILES string of the molecule is CN(C(=O)c1cc2cccnc2n(Cc2ccccc2F)c1=O)c1ccccc1. The molecule has 0 aliphatic heterocycles. The number of carbonyl (C=O) groups excluding carboxylic acids is 1. The summed E-state index contributed by atoms with van der Waals surface area (Å²) in [4.78, 5) is 32.0. The lowest BCUT2D eigenvalue weighted by Crippen LogP contribution is -2.35. The van der Waals surface area contributed by atoms with E-state index in [1.807, 2.05) is 18.2 Å². The first-order chi connectivity index (χ1) is 14.1. The number of nitrogens with zero attached hydrogens (tertiary/aromatic N) is 3. The van der Waals surface area contributed by atoms with Gasteiger partial charge in [0.25, 0.3) is 11.5 Å². The van der Waals surface area contributed by atoms with Gasteiger partial charge in [-0.15, -0.1) is 0 Å². The molecule has 144 valence electrons. The molecule has 0 fully saturated rings. The summed E-state index contributed by atoms with van der Waals surface area (Å²) in [5.41, 5.74) is 0.923. The summed E-state index contributed by atoms with van der Waals surface area (Å²) < 4.78 is 15.6. The zero-order valence-corrected chi connectivity index (χ0v) is 15.7. The minimum atomic E-state index is -0.507. The van der Waals surface area contributed by atoms with Gasteiger partial charge in [-0.2, -0.15) is 0 Å². The van der Waals surface area contributed by atoms with Gasteiger partial charge in [0.1, 0.15) is 17.0 Å². The molecule has 2 aromatic carbocycles. The Bertz CT molecular complexity index is 1250. The lowest BCUT2D eigenvalue weighted by atomic mass is 10.1. The number of carbonyl (C=O) groups is 1. The summed E-state index contributed by atoms with van der Waals surface area (Å²) in [5, 5.41) is 0.633. The third-order valence-electron chi connectivity index (χ3n) is 4.81. The van der Waals surface area contributed by atoms with E-state index in [1.165, 1.54) is 15.5 Å². The number of anilines is 1. The highest BCUT2D eigenvalue weighted by atomic mass is 19.1. The van der Waals surface area contributed by atoms with Gasteiger partial charge in [-0.25, -0.2) is 9.37 Å². The minimum absolute atomic E-state index is 0.00759. The van der Waals surface area contributed by atoms with Crippen molar-refractivity contribution in [1.82, 2.24) is 9.55 Å². The van der Waals surface area contributed by atoms with Crippen LogP contribution < -0.4 is 10.5 Å². The molecule has 5 nitrogen and oxygen atoms in total. The molecule has 0 bridgehead atoms. The minimum Gasteiger partial charge on any atom is -0.311 e. The molecule has 4 aromatic rings. The first kappa shape index (κ1) is 18.6. The van der Waals surface area contributed by atoms with Gasteiger partial charge in [0.15, 0.2) is 0 Å². The zero-order valence-electron chi connectivity index (χ0n) is 15.7. The average molecular weight is 387 g/mol. The lowest BCUT2D eigenvalue weighted by molar-refractivity contribution is 0.0991. The molecule has 0 aliphatic carbocycles. The topological polar surface area (TPSA) is 55.2 Å². The van der Waals surface area contributed by atoms with E-state index in [0.29, 0.717) is 22.3 Å². The number of halogens is 1. The summed E-state index contributed by atoms with van der Waals surface area (Å²) >= 11 is 0. The molecule has 0 saturated heterocycles. The fourth-order valence-electron chi connectivity index (χ4n) is 3.25. The molecule has 6 heteroatoms. The number of amides is 1. The van der Waals surface area contributed by atoms with Crippen LogP contribution >= 0.6 is 0 Å². The Balaban J connectivity index is 1.86. The number of hydrogen-bond donors (Lipinski definition) is 0. The number of aromatic nitrogens is 2. The van der Waals surface area contributed by atoms with E-state index in [9.17, 15) is 14.0 Å². The summed E-state index contributed by atoms with van der Waals surface area (Å²) in [6.07, 6.45) is 1.57. The molecule has 0 aliphatic rings. The highest BCUT2D eigenvalue weighted by Gasteiger charge is 2.21. The predicted molar refractivity (Wildman–Crippen MR) is 111 cm³/mol. The van der Waals surface area contributed by atoms with E-state index < -0.39 is 17.3 Å². The number of hydrogen-bond acceptors (Lipinski definition) is 3. The fourth-order valence-corrected chi connectivity index (χ4v) is 3.25. The van der Waals surface area contributed by atoms with Gasteiger partial charge < -0.3 is 4.90 Å². The van der Waals surface area contributed by atoms with Gasteiger partial charge in [-0.3, -0.25) is 14.2 Å². The highest BCUT2D eigenvalue weighted by Crippen LogP contribution is 2.18. The van der Waals surface area contributed by atoms with Crippen LogP contribution in [0.5, 0.6) is 0 Å². The van der Waals surface area contributed by atoms with Crippen LogP contribution in [-0.2, 0) is 6.54 Å². The maximum Gasteiger partial charge on any atom is 0.265 e. The molecule has 0 saturated carbocycles. The maximum atomic E-state index is 14.2. The molecule has 0 radical (unpaired) electrons. The van der Waals surface area contributed by atoms with Crippen molar-refractivity contribution in [2.45, 2.75) is 6.54 Å². The third kappa shape index (κ3) is 3.52. The highest BCUT2D eigenvalue weighted by molar-refractivity contribution is 6.06. The Morgan fingerprint density at radius 3 is 2.52 bits per heavy atom. The number of rotatable bonds is 4. The Morgan fingerprint density at radius 2 is 1.76 bits per heavy atom. The third-order valence-corrected chi connectivity index (χ3v) is 4.81. The largest absolute Gasteiger partial charge is 0.311 e. The molecule has 1 amide bonds. The van der Waals surface area contributed by atoms with E-state index >= 15 is 0 Å². The average Bonchev–Trinajstić information content (AvgIpc) is 2.76. The van der Waals surface area contributed by atoms with Crippen molar-refractivity contribution in [1.29, 1.82) is 0 Å². The Kier molecular flexibility index (Phi) is 4.91. The van der Waals surface area contributed by atoms with Crippen LogP contribution in [0.15, 0.2) is 83.8 Å². The van der Waals surface area contributed by atoms with Gasteiger partial charge in [-0.05, 0) is 36.4 Å². The first-order valence-electron chi connectivity index (χ1n) is 9.11.